The van der Waals surface area contributed by atoms with Gasteiger partial charge in [-0.15, -0.1) is 0 Å². The molecule has 0 spiro atoms. The molecule has 3 nitrogen and oxygen atoms in total. The van der Waals surface area contributed by atoms with Crippen LogP contribution in [0.15, 0.2) is 28.7 Å². The normalized spacial score (nSPS) is 21.7. The highest BCUT2D eigenvalue weighted by Crippen LogP contribution is 2.35. The lowest BCUT2D eigenvalue weighted by atomic mass is 10.1. The molecular formula is C13H15FN2OS2. The van der Waals surface area contributed by atoms with Crippen molar-refractivity contribution in [1.29, 1.82) is 0 Å². The average molecular weight is 298 g/mol. The fourth-order valence-corrected chi connectivity index (χ4v) is 5.10. The van der Waals surface area contributed by atoms with Crippen LogP contribution < -0.4 is 11.3 Å². The van der Waals surface area contributed by atoms with E-state index < -0.39 is 0 Å². The molecule has 0 bridgehead atoms. The third-order valence-corrected chi connectivity index (χ3v) is 6.08. The zero-order chi connectivity index (χ0) is 13.2. The molecule has 1 aromatic heterocycles. The van der Waals surface area contributed by atoms with Crippen LogP contribution in [0.3, 0.4) is 0 Å². The zero-order valence-corrected chi connectivity index (χ0v) is 11.9. The smallest absolute Gasteiger partial charge is 0.169 e. The van der Waals surface area contributed by atoms with Gasteiger partial charge >= 0.3 is 0 Å². The first-order valence-electron chi connectivity index (χ1n) is 6.13. The van der Waals surface area contributed by atoms with E-state index in [-0.39, 0.29) is 11.9 Å². The lowest BCUT2D eigenvalue weighted by Crippen LogP contribution is -2.37. The fourth-order valence-electron chi connectivity index (χ4n) is 2.27. The van der Waals surface area contributed by atoms with Crippen LogP contribution in [0.1, 0.15) is 11.8 Å². The van der Waals surface area contributed by atoms with Crippen LogP contribution in [0.2, 0.25) is 0 Å². The van der Waals surface area contributed by atoms with Gasteiger partial charge in [0.05, 0.1) is 6.04 Å². The number of fused-ring (bicyclic) bond motifs is 1. The van der Waals surface area contributed by atoms with E-state index >= 15 is 0 Å². The van der Waals surface area contributed by atoms with Gasteiger partial charge in [-0.25, -0.2) is 9.82 Å². The monoisotopic (exact) mass is 298 g/mol. The molecule has 19 heavy (non-hydrogen) atoms. The summed E-state index contributed by atoms with van der Waals surface area (Å²) in [5.74, 6) is 9.37. The quantitative estimate of drug-likeness (QED) is 0.674. The molecule has 2 aromatic rings. The fraction of sp³-hybridized carbons (Fsp3) is 0.385. The SMILES string of the molecule is NNC(c1cc2cccc(F)c2o1)C1CSCCS1. The standard InChI is InChI=1S/C13H15FN2OS2/c14-9-3-1-2-8-6-10(17-13(8)9)12(16-15)11-7-18-4-5-19-11/h1-3,6,11-12,16H,4-5,7,15H2. The number of nitrogens with two attached hydrogens (primary N) is 1. The van der Waals surface area contributed by atoms with Crippen molar-refractivity contribution in [1.82, 2.24) is 5.43 Å². The summed E-state index contributed by atoms with van der Waals surface area (Å²) in [5.41, 5.74) is 3.13. The molecule has 1 aliphatic heterocycles. The van der Waals surface area contributed by atoms with Crippen LogP contribution >= 0.6 is 23.5 Å². The third kappa shape index (κ3) is 2.63. The van der Waals surface area contributed by atoms with Gasteiger partial charge in [0, 0.05) is 27.9 Å². The highest BCUT2D eigenvalue weighted by molar-refractivity contribution is 8.06. The molecule has 2 heterocycles. The number of furan rings is 1. The minimum Gasteiger partial charge on any atom is -0.456 e. The summed E-state index contributed by atoms with van der Waals surface area (Å²) in [6, 6.07) is 6.74. The minimum atomic E-state index is -0.329. The predicted octanol–water partition coefficient (Wildman–Crippen LogP) is 2.92. The maximum absolute atomic E-state index is 13.7. The number of hydrazine groups is 1. The Morgan fingerprint density at radius 3 is 3.00 bits per heavy atom. The second-order valence-electron chi connectivity index (χ2n) is 4.44. The number of thioether (sulfide) groups is 2. The van der Waals surface area contributed by atoms with Gasteiger partial charge in [0.1, 0.15) is 5.76 Å². The van der Waals surface area contributed by atoms with Crippen LogP contribution in [-0.4, -0.2) is 22.5 Å². The Hall–Kier alpha value is -0.690. The first-order chi connectivity index (χ1) is 9.29. The van der Waals surface area contributed by atoms with Gasteiger partial charge in [0.2, 0.25) is 0 Å². The first-order valence-corrected chi connectivity index (χ1v) is 8.33. The Morgan fingerprint density at radius 1 is 1.42 bits per heavy atom. The Labute approximate surface area is 119 Å². The maximum Gasteiger partial charge on any atom is 0.169 e. The summed E-state index contributed by atoms with van der Waals surface area (Å²) in [6.45, 7) is 0. The highest BCUT2D eigenvalue weighted by Gasteiger charge is 2.28. The molecule has 102 valence electrons. The first kappa shape index (κ1) is 13.3. The molecule has 2 atom stereocenters. The van der Waals surface area contributed by atoms with Gasteiger partial charge in [-0.3, -0.25) is 5.84 Å². The Balaban J connectivity index is 1.94. The number of rotatable bonds is 3. The van der Waals surface area contributed by atoms with Crippen molar-refractivity contribution in [2.45, 2.75) is 11.3 Å². The van der Waals surface area contributed by atoms with Gasteiger partial charge in [-0.05, 0) is 12.1 Å². The van der Waals surface area contributed by atoms with Crippen molar-refractivity contribution >= 4 is 34.5 Å². The van der Waals surface area contributed by atoms with Gasteiger partial charge < -0.3 is 4.42 Å². The van der Waals surface area contributed by atoms with Gasteiger partial charge in [-0.1, -0.05) is 12.1 Å². The van der Waals surface area contributed by atoms with Crippen LogP contribution in [-0.2, 0) is 0 Å². The molecule has 3 N–H and O–H groups in total. The van der Waals surface area contributed by atoms with E-state index in [0.29, 0.717) is 16.6 Å². The van der Waals surface area contributed by atoms with Crippen LogP contribution in [0, 0.1) is 5.82 Å². The lowest BCUT2D eigenvalue weighted by Gasteiger charge is -2.27. The number of benzene rings is 1. The Bertz CT molecular complexity index is 569. The second-order valence-corrected chi connectivity index (χ2v) is 6.93. The highest BCUT2D eigenvalue weighted by atomic mass is 32.2. The van der Waals surface area contributed by atoms with E-state index in [0.717, 1.165) is 16.9 Å². The number of nitrogens with one attached hydrogen (secondary N) is 1. The summed E-state index contributed by atoms with van der Waals surface area (Å²) in [7, 11) is 0. The summed E-state index contributed by atoms with van der Waals surface area (Å²) in [5, 5.41) is 1.14. The number of halogens is 1. The maximum atomic E-state index is 13.7. The molecule has 0 saturated carbocycles. The van der Waals surface area contributed by atoms with E-state index in [2.05, 4.69) is 5.43 Å². The number of para-hydroxylation sites is 1. The van der Waals surface area contributed by atoms with E-state index in [1.165, 1.54) is 11.8 Å². The van der Waals surface area contributed by atoms with Gasteiger partial charge in [0.15, 0.2) is 11.4 Å². The van der Waals surface area contributed by atoms with E-state index in [1.807, 2.05) is 35.7 Å². The van der Waals surface area contributed by atoms with Crippen LogP contribution in [0.5, 0.6) is 0 Å². The summed E-state index contributed by atoms with van der Waals surface area (Å²) < 4.78 is 19.3. The van der Waals surface area contributed by atoms with Crippen molar-refractivity contribution in [3.63, 3.8) is 0 Å². The molecule has 6 heteroatoms. The summed E-state index contributed by atoms with van der Waals surface area (Å²) >= 11 is 3.81. The van der Waals surface area contributed by atoms with Gasteiger partial charge in [-0.2, -0.15) is 23.5 Å². The third-order valence-electron chi connectivity index (χ3n) is 3.21. The van der Waals surface area contributed by atoms with Gasteiger partial charge in [0.25, 0.3) is 0 Å². The molecule has 3 rings (SSSR count). The van der Waals surface area contributed by atoms with Crippen LogP contribution in [0.4, 0.5) is 4.39 Å². The molecule has 0 radical (unpaired) electrons. The topological polar surface area (TPSA) is 51.2 Å². The van der Waals surface area contributed by atoms with E-state index in [1.54, 1.807) is 6.07 Å². The molecule has 1 fully saturated rings. The zero-order valence-electron chi connectivity index (χ0n) is 10.3. The molecule has 1 saturated heterocycles. The van der Waals surface area contributed by atoms with E-state index in [9.17, 15) is 4.39 Å². The van der Waals surface area contributed by atoms with E-state index in [4.69, 9.17) is 10.3 Å². The molecule has 0 aliphatic carbocycles. The number of hydrogen-bond donors (Lipinski definition) is 2. The number of hydrogen-bond acceptors (Lipinski definition) is 5. The van der Waals surface area contributed by atoms with Crippen molar-refractivity contribution in [3.05, 3.63) is 35.8 Å². The molecular weight excluding hydrogens is 283 g/mol. The Morgan fingerprint density at radius 2 is 2.32 bits per heavy atom. The molecule has 2 unspecified atom stereocenters. The minimum absolute atomic E-state index is 0.0791. The van der Waals surface area contributed by atoms with Crippen molar-refractivity contribution in [2.24, 2.45) is 5.84 Å². The second kappa shape index (κ2) is 5.75. The van der Waals surface area contributed by atoms with Crippen molar-refractivity contribution in [3.8, 4) is 0 Å². The molecule has 1 aromatic carbocycles. The average Bonchev–Trinajstić information content (AvgIpc) is 2.86. The van der Waals surface area contributed by atoms with Crippen molar-refractivity contribution in [2.75, 3.05) is 17.3 Å². The molecule has 0 amide bonds. The largest absolute Gasteiger partial charge is 0.456 e. The summed E-state index contributed by atoms with van der Waals surface area (Å²) in [4.78, 5) is 0. The Kier molecular flexibility index (Phi) is 4.02. The lowest BCUT2D eigenvalue weighted by molar-refractivity contribution is 0.428. The van der Waals surface area contributed by atoms with Crippen LogP contribution in [0.25, 0.3) is 11.0 Å². The van der Waals surface area contributed by atoms with Crippen molar-refractivity contribution < 1.29 is 8.81 Å². The molecule has 1 aliphatic rings. The predicted molar refractivity (Wildman–Crippen MR) is 79.8 cm³/mol. The summed E-state index contributed by atoms with van der Waals surface area (Å²) in [6.07, 6.45) is 0.